The van der Waals surface area contributed by atoms with Gasteiger partial charge in [0.25, 0.3) is 0 Å². The van der Waals surface area contributed by atoms with Gasteiger partial charge < -0.3 is 15.7 Å². The van der Waals surface area contributed by atoms with E-state index in [1.807, 2.05) is 74.5 Å². The van der Waals surface area contributed by atoms with Crippen molar-refractivity contribution >= 4 is 21.7 Å². The number of sulfone groups is 1. The highest BCUT2D eigenvalue weighted by atomic mass is 32.2. The zero-order chi connectivity index (χ0) is 32.8. The van der Waals surface area contributed by atoms with Crippen LogP contribution in [-0.2, 0) is 32.3 Å². The topological polar surface area (TPSA) is 113 Å². The Morgan fingerprint density at radius 1 is 0.844 bits per heavy atom. The van der Waals surface area contributed by atoms with Gasteiger partial charge >= 0.3 is 0 Å². The van der Waals surface area contributed by atoms with Crippen molar-refractivity contribution in [2.24, 2.45) is 17.8 Å². The lowest BCUT2D eigenvalue weighted by Gasteiger charge is -2.32. The lowest BCUT2D eigenvalue weighted by Crippen LogP contribution is -2.54. The second-order valence-electron chi connectivity index (χ2n) is 13.6. The number of amides is 2. The number of carbonyl (C=O) groups excluding carboxylic acids is 2. The SMILES string of the molecule is CCCC(NC(=O)C(Cc1ccccc1)Cc1ccccc1)C(=O)NC(CC1CCCCC1)C(O)CC(C)CS(=O)(=O)C(C)C. The lowest BCUT2D eigenvalue weighted by atomic mass is 9.82. The molecule has 0 bridgehead atoms. The van der Waals surface area contributed by atoms with Gasteiger partial charge in [-0.1, -0.05) is 113 Å². The Bertz CT molecular complexity index is 1220. The van der Waals surface area contributed by atoms with Crippen LogP contribution < -0.4 is 10.6 Å². The number of aliphatic hydroxyl groups excluding tert-OH is 1. The van der Waals surface area contributed by atoms with Crippen LogP contribution in [0.4, 0.5) is 0 Å². The Hall–Kier alpha value is -2.71. The summed E-state index contributed by atoms with van der Waals surface area (Å²) >= 11 is 0. The Morgan fingerprint density at radius 2 is 1.40 bits per heavy atom. The number of hydrogen-bond donors (Lipinski definition) is 3. The minimum absolute atomic E-state index is 0.00452. The van der Waals surface area contributed by atoms with Gasteiger partial charge in [-0.3, -0.25) is 9.59 Å². The monoisotopic (exact) mass is 640 g/mol. The molecule has 2 aromatic carbocycles. The molecule has 1 fully saturated rings. The van der Waals surface area contributed by atoms with Crippen LogP contribution in [0.1, 0.15) is 96.6 Å². The molecule has 0 heterocycles. The van der Waals surface area contributed by atoms with Crippen molar-refractivity contribution < 1.29 is 23.1 Å². The largest absolute Gasteiger partial charge is 0.391 e. The van der Waals surface area contributed by atoms with E-state index in [1.165, 1.54) is 6.42 Å². The first-order chi connectivity index (χ1) is 21.5. The van der Waals surface area contributed by atoms with E-state index in [2.05, 4.69) is 10.6 Å². The summed E-state index contributed by atoms with van der Waals surface area (Å²) in [4.78, 5) is 27.6. The van der Waals surface area contributed by atoms with Gasteiger partial charge in [-0.15, -0.1) is 0 Å². The molecule has 0 spiro atoms. The third kappa shape index (κ3) is 12.5. The maximum Gasteiger partial charge on any atom is 0.242 e. The Balaban J connectivity index is 1.75. The molecule has 3 N–H and O–H groups in total. The summed E-state index contributed by atoms with van der Waals surface area (Å²) in [6, 6.07) is 18.6. The standard InChI is InChI=1S/C37H56N2O5S/c1-5-15-33(38-36(41)32(23-29-16-9-6-10-17-29)24-30-18-11-7-12-19-30)37(42)39-34(25-31-20-13-8-14-21-31)35(40)22-28(4)26-45(43,44)27(2)3/h6-7,9-12,16-19,27-28,31-35,40H,5,8,13-15,20-26H2,1-4H3,(H,38,41)(H,39,42). The molecule has 45 heavy (non-hydrogen) atoms. The minimum Gasteiger partial charge on any atom is -0.391 e. The van der Waals surface area contributed by atoms with Crippen LogP contribution in [0.5, 0.6) is 0 Å². The van der Waals surface area contributed by atoms with Gasteiger partial charge in [0.05, 0.1) is 23.1 Å². The average Bonchev–Trinajstić information content (AvgIpc) is 3.01. The molecule has 4 atom stereocenters. The highest BCUT2D eigenvalue weighted by molar-refractivity contribution is 7.91. The van der Waals surface area contributed by atoms with E-state index in [9.17, 15) is 23.1 Å². The van der Waals surface area contributed by atoms with Gasteiger partial charge in [-0.2, -0.15) is 0 Å². The highest BCUT2D eigenvalue weighted by Gasteiger charge is 2.32. The van der Waals surface area contributed by atoms with Crippen LogP contribution in [0.3, 0.4) is 0 Å². The fourth-order valence-corrected chi connectivity index (χ4v) is 7.83. The van der Waals surface area contributed by atoms with E-state index in [0.29, 0.717) is 38.0 Å². The molecule has 8 heteroatoms. The number of carbonyl (C=O) groups is 2. The van der Waals surface area contributed by atoms with E-state index in [-0.39, 0.29) is 35.8 Å². The molecule has 0 saturated heterocycles. The fraction of sp³-hybridized carbons (Fsp3) is 0.622. The van der Waals surface area contributed by atoms with Gasteiger partial charge in [-0.05, 0) is 68.9 Å². The number of rotatable bonds is 18. The Labute approximate surface area is 271 Å². The molecule has 2 aromatic rings. The highest BCUT2D eigenvalue weighted by Crippen LogP contribution is 2.29. The first-order valence-electron chi connectivity index (χ1n) is 17.1. The molecule has 4 unspecified atom stereocenters. The number of nitrogens with one attached hydrogen (secondary N) is 2. The normalized spacial score (nSPS) is 17.0. The number of benzene rings is 2. The van der Waals surface area contributed by atoms with E-state index >= 15 is 0 Å². The lowest BCUT2D eigenvalue weighted by molar-refractivity contribution is -0.132. The van der Waals surface area contributed by atoms with Crippen LogP contribution in [0.2, 0.25) is 0 Å². The van der Waals surface area contributed by atoms with E-state index in [4.69, 9.17) is 0 Å². The van der Waals surface area contributed by atoms with Gasteiger partial charge in [-0.25, -0.2) is 8.42 Å². The van der Waals surface area contributed by atoms with Gasteiger partial charge in [0, 0.05) is 5.92 Å². The predicted molar refractivity (Wildman–Crippen MR) is 182 cm³/mol. The van der Waals surface area contributed by atoms with Crippen molar-refractivity contribution in [3.05, 3.63) is 71.8 Å². The van der Waals surface area contributed by atoms with E-state index in [1.54, 1.807) is 13.8 Å². The maximum atomic E-state index is 13.8. The Morgan fingerprint density at radius 3 is 1.91 bits per heavy atom. The molecule has 1 saturated carbocycles. The summed E-state index contributed by atoms with van der Waals surface area (Å²) in [6.45, 7) is 7.19. The van der Waals surface area contributed by atoms with Crippen molar-refractivity contribution in [3.8, 4) is 0 Å². The quantitative estimate of drug-likeness (QED) is 0.184. The summed E-state index contributed by atoms with van der Waals surface area (Å²) in [5.41, 5.74) is 2.13. The molecule has 1 aliphatic rings. The van der Waals surface area contributed by atoms with Crippen molar-refractivity contribution in [3.63, 3.8) is 0 Å². The summed E-state index contributed by atoms with van der Waals surface area (Å²) in [6.07, 6.45) is 7.97. The van der Waals surface area contributed by atoms with Gasteiger partial charge in [0.1, 0.15) is 6.04 Å². The van der Waals surface area contributed by atoms with Crippen molar-refractivity contribution in [1.82, 2.24) is 10.6 Å². The molecule has 250 valence electrons. The van der Waals surface area contributed by atoms with Crippen LogP contribution in [0.15, 0.2) is 60.7 Å². The smallest absolute Gasteiger partial charge is 0.242 e. The van der Waals surface area contributed by atoms with Crippen LogP contribution in [0.25, 0.3) is 0 Å². The Kier molecular flexibility index (Phi) is 15.1. The van der Waals surface area contributed by atoms with E-state index in [0.717, 1.165) is 36.8 Å². The summed E-state index contributed by atoms with van der Waals surface area (Å²) in [5, 5.41) is 17.1. The molecule has 2 amide bonds. The minimum atomic E-state index is -3.25. The predicted octanol–water partition coefficient (Wildman–Crippen LogP) is 6.04. The average molecular weight is 641 g/mol. The van der Waals surface area contributed by atoms with Crippen molar-refractivity contribution in [2.75, 3.05) is 5.75 Å². The second-order valence-corrected chi connectivity index (χ2v) is 16.2. The molecule has 3 rings (SSSR count). The van der Waals surface area contributed by atoms with Gasteiger partial charge in [0.2, 0.25) is 11.8 Å². The molecular formula is C37H56N2O5S. The van der Waals surface area contributed by atoms with E-state index < -0.39 is 33.3 Å². The molecule has 0 radical (unpaired) electrons. The molecule has 7 nitrogen and oxygen atoms in total. The second kappa shape index (κ2) is 18.4. The number of aliphatic hydroxyl groups is 1. The fourth-order valence-electron chi connectivity index (χ4n) is 6.51. The third-order valence-corrected chi connectivity index (χ3v) is 11.7. The summed E-state index contributed by atoms with van der Waals surface area (Å²) in [7, 11) is -3.25. The summed E-state index contributed by atoms with van der Waals surface area (Å²) in [5.74, 6) is -0.645. The van der Waals surface area contributed by atoms with Crippen LogP contribution in [-0.4, -0.2) is 54.5 Å². The zero-order valence-electron chi connectivity index (χ0n) is 27.8. The third-order valence-electron chi connectivity index (χ3n) is 9.21. The van der Waals surface area contributed by atoms with Crippen LogP contribution >= 0.6 is 0 Å². The van der Waals surface area contributed by atoms with Crippen molar-refractivity contribution in [2.45, 2.75) is 122 Å². The summed E-state index contributed by atoms with van der Waals surface area (Å²) < 4.78 is 25.1. The van der Waals surface area contributed by atoms with Crippen molar-refractivity contribution in [1.29, 1.82) is 0 Å². The first-order valence-corrected chi connectivity index (χ1v) is 18.8. The maximum absolute atomic E-state index is 13.8. The molecular weight excluding hydrogens is 584 g/mol. The number of hydrogen-bond acceptors (Lipinski definition) is 5. The zero-order valence-corrected chi connectivity index (χ0v) is 28.6. The first kappa shape index (κ1) is 36.8. The van der Waals surface area contributed by atoms with Gasteiger partial charge in [0.15, 0.2) is 9.84 Å². The molecule has 0 aromatic heterocycles. The van der Waals surface area contributed by atoms with Crippen LogP contribution in [0, 0.1) is 17.8 Å². The molecule has 1 aliphatic carbocycles. The molecule has 0 aliphatic heterocycles.